The number of para-hydroxylation sites is 3. The second-order valence-corrected chi connectivity index (χ2v) is 28.4. The number of aromatic nitrogens is 2. The van der Waals surface area contributed by atoms with Gasteiger partial charge < -0.3 is 14.5 Å². The quantitative estimate of drug-likeness (QED) is 0.152. The van der Waals surface area contributed by atoms with E-state index in [1.54, 1.807) is 28.8 Å². The Morgan fingerprint density at radius 3 is 1.75 bits per heavy atom. The summed E-state index contributed by atoms with van der Waals surface area (Å²) in [6, 6.07) is 31.7. The summed E-state index contributed by atoms with van der Waals surface area (Å²) >= 11 is 0. The van der Waals surface area contributed by atoms with E-state index in [4.69, 9.17) is 19.3 Å². The zero-order chi connectivity index (χ0) is 69.2. The average Bonchev–Trinajstić information content (AvgIpc) is 1.63. The van der Waals surface area contributed by atoms with Gasteiger partial charge in [0.2, 0.25) is 0 Å². The Kier molecular flexibility index (Phi) is 10.3. The van der Waals surface area contributed by atoms with Crippen LogP contribution in [0.2, 0.25) is 0 Å². The third-order valence-electron chi connectivity index (χ3n) is 17.2. The van der Waals surface area contributed by atoms with E-state index in [0.717, 1.165) is 69.0 Å². The maximum Gasteiger partial charge on any atom is 0.137 e. The van der Waals surface area contributed by atoms with Crippen LogP contribution >= 0.6 is 0 Å². The van der Waals surface area contributed by atoms with E-state index in [2.05, 4.69) is 142 Å². The van der Waals surface area contributed by atoms with Gasteiger partial charge in [0.25, 0.3) is 0 Å². The van der Waals surface area contributed by atoms with Crippen LogP contribution in [0.1, 0.15) is 173 Å². The van der Waals surface area contributed by atoms with Crippen LogP contribution in [0.4, 0.5) is 22.7 Å². The molecule has 2 aromatic heterocycles. The van der Waals surface area contributed by atoms with E-state index in [1.807, 2.05) is 57.2 Å². The molecule has 0 atom stereocenters. The van der Waals surface area contributed by atoms with Crippen molar-refractivity contribution in [3.8, 4) is 50.7 Å². The normalized spacial score (nSPS) is 17.3. The molecule has 0 saturated carbocycles. The summed E-state index contributed by atoms with van der Waals surface area (Å²) in [6.07, 6.45) is 3.16. The van der Waals surface area contributed by atoms with E-state index >= 15 is 0 Å². The second-order valence-electron chi connectivity index (χ2n) is 28.4. The highest BCUT2D eigenvalue weighted by atomic mass is 16.5. The van der Waals surface area contributed by atoms with Gasteiger partial charge in [0, 0.05) is 51.5 Å². The third-order valence-corrected chi connectivity index (χ3v) is 17.2. The summed E-state index contributed by atoms with van der Waals surface area (Å²) in [5.41, 5.74) is 10.9. The summed E-state index contributed by atoms with van der Waals surface area (Å²) in [5.74, 6) is 1.17. The summed E-state index contributed by atoms with van der Waals surface area (Å²) in [7, 11) is 0. The van der Waals surface area contributed by atoms with Gasteiger partial charge in [-0.2, -0.15) is 0 Å². The van der Waals surface area contributed by atoms with Gasteiger partial charge in [-0.05, 0) is 156 Å². The molecule has 83 heavy (non-hydrogen) atoms. The fraction of sp³-hybridized carbons (Fsp3) is 0.321. The largest absolute Gasteiger partial charge is 0.457 e. The number of anilines is 4. The first-order chi connectivity index (χ1) is 44.1. The van der Waals surface area contributed by atoms with Crippen LogP contribution in [0.15, 0.2) is 182 Å². The Morgan fingerprint density at radius 1 is 0.482 bits per heavy atom. The molecule has 0 saturated heterocycles. The molecule has 1 aliphatic heterocycles. The first-order valence-corrected chi connectivity index (χ1v) is 29.2. The van der Waals surface area contributed by atoms with Crippen molar-refractivity contribution < 1.29 is 21.2 Å². The van der Waals surface area contributed by atoms with Crippen molar-refractivity contribution in [2.45, 2.75) is 156 Å². The number of pyridine rings is 1. The van der Waals surface area contributed by atoms with Gasteiger partial charge in [-0.15, -0.1) is 0 Å². The molecule has 1 aliphatic carbocycles. The van der Waals surface area contributed by atoms with Gasteiger partial charge in [0.15, 0.2) is 0 Å². The lowest BCUT2D eigenvalue weighted by molar-refractivity contribution is 0.332. The minimum Gasteiger partial charge on any atom is -0.457 e. The SMILES string of the molecule is [2H]c1c([2H])c([2H])c(-c2cnc(-n3c4cc(Oc5cccc(N6CN(c7c(-c8cc(C(C)(C)C)cc(C(C)(C)C)c8)cc(C(C)(C)C)cc7-c7c([2H])c([2H])c8c(c7[2H])C(C)(C)CCC8(C)C)c7ccccc76)c5)ccc4c4c([2H])c([2H])c([2H])c([2H])c43)cc2C(C)(C)C)c([2H])c1[2H]. The Hall–Kier alpha value is -7.89. The summed E-state index contributed by atoms with van der Waals surface area (Å²) < 4.78 is 119. The van der Waals surface area contributed by atoms with Crippen LogP contribution < -0.4 is 14.5 Å². The second kappa shape index (κ2) is 19.9. The Morgan fingerprint density at radius 2 is 1.08 bits per heavy atom. The average molecular weight is 1110 g/mol. The molecule has 0 fully saturated rings. The van der Waals surface area contributed by atoms with Gasteiger partial charge in [0.1, 0.15) is 24.0 Å². The fourth-order valence-corrected chi connectivity index (χ4v) is 12.1. The van der Waals surface area contributed by atoms with Crippen LogP contribution in [-0.2, 0) is 32.5 Å². The molecule has 0 N–H and O–H groups in total. The molecular formula is C78H84N4O. The molecule has 0 amide bonds. The highest BCUT2D eigenvalue weighted by Crippen LogP contribution is 2.54. The van der Waals surface area contributed by atoms with Crippen molar-refractivity contribution in [2.24, 2.45) is 0 Å². The maximum absolute atomic E-state index is 10.5. The summed E-state index contributed by atoms with van der Waals surface area (Å²) in [6.45, 7) is 34.9. The zero-order valence-corrected chi connectivity index (χ0v) is 51.2. The lowest BCUT2D eigenvalue weighted by Crippen LogP contribution is -2.33. The number of benzene rings is 8. The number of hydrogen-bond donors (Lipinski definition) is 0. The fourth-order valence-electron chi connectivity index (χ4n) is 12.1. The van der Waals surface area contributed by atoms with Gasteiger partial charge in [-0.25, -0.2) is 4.98 Å². The van der Waals surface area contributed by atoms with Crippen molar-refractivity contribution in [3.63, 3.8) is 0 Å². The minimum absolute atomic E-state index is 0.000394. The van der Waals surface area contributed by atoms with Crippen LogP contribution in [0.3, 0.4) is 0 Å². The molecule has 422 valence electrons. The van der Waals surface area contributed by atoms with E-state index in [-0.39, 0.29) is 74.8 Å². The molecule has 5 heteroatoms. The van der Waals surface area contributed by atoms with Crippen molar-refractivity contribution in [1.29, 1.82) is 0 Å². The van der Waals surface area contributed by atoms with E-state index in [0.29, 0.717) is 51.8 Å². The molecule has 2 aliphatic rings. The Labute approximate surface area is 511 Å². The van der Waals surface area contributed by atoms with Gasteiger partial charge in [0.05, 0.1) is 44.5 Å². The number of nitrogens with zero attached hydrogens (tertiary/aromatic N) is 4. The van der Waals surface area contributed by atoms with Crippen molar-refractivity contribution in [1.82, 2.24) is 9.55 Å². The molecule has 0 radical (unpaired) electrons. The minimum atomic E-state index is -0.685. The first kappa shape index (κ1) is 42.9. The smallest absolute Gasteiger partial charge is 0.137 e. The molecule has 0 unspecified atom stereocenters. The Bertz CT molecular complexity index is 4820. The van der Waals surface area contributed by atoms with Gasteiger partial charge in [-0.1, -0.05) is 214 Å². The lowest BCUT2D eigenvalue weighted by Gasteiger charge is -2.42. The summed E-state index contributed by atoms with van der Waals surface area (Å²) in [4.78, 5) is 9.47. The standard InChI is InChI=1S/C78H84N4O/c1-73(2,3)53-39-52(40-54(42-53)74(4,5)6)62-44-55(75(7,8)9)43-61(51-33-36-64-66(41-51)78(15,16)38-37-77(64,13)14)72(62)81-49-80(68-31-22-23-32-69(68)81)56-27-24-28-57(45-56)83-58-34-35-60-59-29-20-21-30-67(59)82(70(60)46-58)71-47-65(76(10,11)12)63(48-79-71)50-25-18-17-19-26-50/h17-36,39-48H,37-38,49H2,1-16H3/i17D,18D,19D,20D,21D,25D,26D,29D,30D,33D,36D,41D. The number of hydrogen-bond acceptors (Lipinski definition) is 4. The van der Waals surface area contributed by atoms with Crippen molar-refractivity contribution >= 4 is 44.6 Å². The Balaban J connectivity index is 1.03. The van der Waals surface area contributed by atoms with E-state index in [1.165, 1.54) is 17.3 Å². The topological polar surface area (TPSA) is 33.5 Å². The number of ether oxygens (including phenoxy) is 1. The molecule has 5 nitrogen and oxygen atoms in total. The van der Waals surface area contributed by atoms with Crippen molar-refractivity contribution in [3.05, 3.63) is 215 Å². The predicted octanol–water partition coefficient (Wildman–Crippen LogP) is 21.8. The predicted molar refractivity (Wildman–Crippen MR) is 354 cm³/mol. The molecule has 3 heterocycles. The molecule has 10 aromatic rings. The van der Waals surface area contributed by atoms with E-state index < -0.39 is 46.5 Å². The van der Waals surface area contributed by atoms with E-state index in [9.17, 15) is 6.85 Å². The van der Waals surface area contributed by atoms with Crippen LogP contribution in [-0.4, -0.2) is 16.2 Å². The monoisotopic (exact) mass is 1100 g/mol. The molecule has 0 spiro atoms. The highest BCUT2D eigenvalue weighted by molar-refractivity contribution is 6.09. The number of fused-ring (bicyclic) bond motifs is 5. The van der Waals surface area contributed by atoms with Crippen molar-refractivity contribution in [2.75, 3.05) is 16.5 Å². The molecule has 0 bridgehead atoms. The number of rotatable bonds is 8. The van der Waals surface area contributed by atoms with Crippen LogP contribution in [0.5, 0.6) is 11.5 Å². The lowest BCUT2D eigenvalue weighted by atomic mass is 9.63. The van der Waals surface area contributed by atoms with Gasteiger partial charge in [-0.3, -0.25) is 4.57 Å². The molecule has 12 rings (SSSR count). The van der Waals surface area contributed by atoms with Gasteiger partial charge >= 0.3 is 0 Å². The first-order valence-electron chi connectivity index (χ1n) is 35.2. The molecular weight excluding hydrogens is 1010 g/mol. The zero-order valence-electron chi connectivity index (χ0n) is 63.2. The van der Waals surface area contributed by atoms with Crippen LogP contribution in [0, 0.1) is 0 Å². The third kappa shape index (κ3) is 10.2. The summed E-state index contributed by atoms with van der Waals surface area (Å²) in [5, 5.41) is 0.792. The highest BCUT2D eigenvalue weighted by Gasteiger charge is 2.39. The van der Waals surface area contributed by atoms with Crippen LogP contribution in [0.25, 0.3) is 61.0 Å². The maximum atomic E-state index is 10.5. The molecule has 8 aromatic carbocycles.